The fourth-order valence-electron chi connectivity index (χ4n) is 2.08. The molecule has 25 heavy (non-hydrogen) atoms. The molecule has 0 aliphatic heterocycles. The van der Waals surface area contributed by atoms with Crippen LogP contribution in [0, 0.1) is 6.92 Å². The summed E-state index contributed by atoms with van der Waals surface area (Å²) in [6.07, 6.45) is 0.659. The van der Waals surface area contributed by atoms with Crippen LogP contribution in [0.25, 0.3) is 0 Å². The third kappa shape index (κ3) is 5.89. The van der Waals surface area contributed by atoms with Gasteiger partial charge in [-0.2, -0.15) is 0 Å². The topological polar surface area (TPSA) is 97.4 Å². The van der Waals surface area contributed by atoms with Gasteiger partial charge in [-0.3, -0.25) is 4.79 Å². The molecule has 2 rings (SSSR count). The fraction of sp³-hybridized carbons (Fsp3) is 0.375. The summed E-state index contributed by atoms with van der Waals surface area (Å²) >= 11 is 1.58. The highest BCUT2D eigenvalue weighted by Gasteiger charge is 2.14. The Bertz CT molecular complexity index is 801. The number of amides is 1. The summed E-state index contributed by atoms with van der Waals surface area (Å²) in [5, 5.41) is 5.77. The van der Waals surface area contributed by atoms with E-state index < -0.39 is 10.0 Å². The molecule has 136 valence electrons. The molecule has 0 saturated heterocycles. The van der Waals surface area contributed by atoms with E-state index in [0.29, 0.717) is 18.5 Å². The van der Waals surface area contributed by atoms with Gasteiger partial charge in [0.15, 0.2) is 0 Å². The number of sulfonamides is 1. The number of rotatable bonds is 9. The van der Waals surface area contributed by atoms with Gasteiger partial charge in [-0.1, -0.05) is 0 Å². The summed E-state index contributed by atoms with van der Waals surface area (Å²) < 4.78 is 31.3. The second kappa shape index (κ2) is 9.04. The van der Waals surface area contributed by atoms with E-state index in [1.807, 2.05) is 12.3 Å². The molecule has 2 N–H and O–H groups in total. The summed E-state index contributed by atoms with van der Waals surface area (Å²) in [4.78, 5) is 16.5. The molecule has 1 aromatic heterocycles. The first-order valence-corrected chi connectivity index (χ1v) is 10.1. The Labute approximate surface area is 151 Å². The quantitative estimate of drug-likeness (QED) is 0.637. The molecule has 0 fully saturated rings. The number of carbonyl (C=O) groups excluding carboxylic acids is 1. The van der Waals surface area contributed by atoms with Gasteiger partial charge in [0.1, 0.15) is 0 Å². The molecule has 0 aliphatic carbocycles. The van der Waals surface area contributed by atoms with Crippen LogP contribution >= 0.6 is 11.3 Å². The highest BCUT2D eigenvalue weighted by atomic mass is 32.2. The van der Waals surface area contributed by atoms with Crippen molar-refractivity contribution in [3.8, 4) is 0 Å². The molecular formula is C16H21N3O4S2. The Morgan fingerprint density at radius 3 is 2.56 bits per heavy atom. The normalized spacial score (nSPS) is 11.4. The number of carbonyl (C=O) groups is 1. The molecule has 1 amide bonds. The molecule has 9 heteroatoms. The van der Waals surface area contributed by atoms with Gasteiger partial charge in [-0.05, 0) is 31.2 Å². The molecule has 0 bridgehead atoms. The van der Waals surface area contributed by atoms with Crippen LogP contribution in [0.5, 0.6) is 0 Å². The van der Waals surface area contributed by atoms with E-state index in [1.54, 1.807) is 11.3 Å². The average Bonchev–Trinajstić information content (AvgIpc) is 3.00. The number of nitrogens with one attached hydrogen (secondary N) is 2. The zero-order valence-electron chi connectivity index (χ0n) is 14.1. The molecule has 7 nitrogen and oxygen atoms in total. The van der Waals surface area contributed by atoms with Gasteiger partial charge in [0.25, 0.3) is 5.91 Å². The van der Waals surface area contributed by atoms with Crippen LogP contribution in [0.3, 0.4) is 0 Å². The van der Waals surface area contributed by atoms with Crippen molar-refractivity contribution in [1.29, 1.82) is 0 Å². The minimum atomic E-state index is -3.59. The van der Waals surface area contributed by atoms with Gasteiger partial charge in [0, 0.05) is 37.6 Å². The van der Waals surface area contributed by atoms with E-state index in [-0.39, 0.29) is 24.0 Å². The first kappa shape index (κ1) is 19.5. The highest BCUT2D eigenvalue weighted by molar-refractivity contribution is 7.89. The van der Waals surface area contributed by atoms with Crippen molar-refractivity contribution in [2.45, 2.75) is 18.2 Å². The number of methoxy groups -OCH3 is 1. The monoisotopic (exact) mass is 383 g/mol. The number of aryl methyl sites for hydroxylation is 1. The van der Waals surface area contributed by atoms with Crippen molar-refractivity contribution < 1.29 is 17.9 Å². The predicted octanol–water partition coefficient (Wildman–Crippen LogP) is 1.35. The maximum Gasteiger partial charge on any atom is 0.251 e. The van der Waals surface area contributed by atoms with Crippen molar-refractivity contribution in [2.24, 2.45) is 0 Å². The van der Waals surface area contributed by atoms with Crippen LogP contribution < -0.4 is 10.0 Å². The van der Waals surface area contributed by atoms with E-state index >= 15 is 0 Å². The summed E-state index contributed by atoms with van der Waals surface area (Å²) in [7, 11) is -2.10. The van der Waals surface area contributed by atoms with Crippen LogP contribution in [0.15, 0.2) is 34.5 Å². The maximum absolute atomic E-state index is 12.1. The van der Waals surface area contributed by atoms with E-state index in [4.69, 9.17) is 4.74 Å². The summed E-state index contributed by atoms with van der Waals surface area (Å²) in [6, 6.07) is 5.81. The number of ether oxygens (including phenoxy) is 1. The maximum atomic E-state index is 12.1. The molecular weight excluding hydrogens is 362 g/mol. The number of benzene rings is 1. The van der Waals surface area contributed by atoms with Gasteiger partial charge in [-0.15, -0.1) is 11.3 Å². The Hall–Kier alpha value is -1.81. The minimum absolute atomic E-state index is 0.109. The second-order valence-electron chi connectivity index (χ2n) is 5.28. The van der Waals surface area contributed by atoms with Crippen LogP contribution in [0.2, 0.25) is 0 Å². The lowest BCUT2D eigenvalue weighted by atomic mass is 10.2. The Balaban J connectivity index is 1.89. The molecule has 1 aromatic carbocycles. The van der Waals surface area contributed by atoms with Gasteiger partial charge >= 0.3 is 0 Å². The number of hydrogen-bond donors (Lipinski definition) is 2. The highest BCUT2D eigenvalue weighted by Crippen LogP contribution is 2.11. The smallest absolute Gasteiger partial charge is 0.251 e. The Kier molecular flexibility index (Phi) is 7.06. The van der Waals surface area contributed by atoms with Gasteiger partial charge in [-0.25, -0.2) is 18.1 Å². The first-order chi connectivity index (χ1) is 11.9. The molecule has 0 radical (unpaired) electrons. The van der Waals surface area contributed by atoms with E-state index in [0.717, 1.165) is 10.7 Å². The molecule has 0 saturated carbocycles. The van der Waals surface area contributed by atoms with Crippen LogP contribution in [-0.2, 0) is 21.2 Å². The lowest BCUT2D eigenvalue weighted by Crippen LogP contribution is -2.28. The predicted molar refractivity (Wildman–Crippen MR) is 96.4 cm³/mol. The second-order valence-corrected chi connectivity index (χ2v) is 8.11. The molecule has 1 heterocycles. The first-order valence-electron chi connectivity index (χ1n) is 7.70. The van der Waals surface area contributed by atoms with Crippen molar-refractivity contribution in [3.05, 3.63) is 45.9 Å². The largest absolute Gasteiger partial charge is 0.383 e. The summed E-state index contributed by atoms with van der Waals surface area (Å²) in [5.41, 5.74) is 1.36. The zero-order chi connectivity index (χ0) is 18.3. The number of aromatic nitrogens is 1. The lowest BCUT2D eigenvalue weighted by Gasteiger charge is -2.08. The van der Waals surface area contributed by atoms with Crippen molar-refractivity contribution in [1.82, 2.24) is 15.0 Å². The number of thiazole rings is 1. The van der Waals surface area contributed by atoms with Crippen molar-refractivity contribution >= 4 is 27.3 Å². The van der Waals surface area contributed by atoms with Gasteiger partial charge in [0.05, 0.1) is 22.2 Å². The van der Waals surface area contributed by atoms with E-state index in [1.165, 1.54) is 31.4 Å². The van der Waals surface area contributed by atoms with Crippen molar-refractivity contribution in [2.75, 3.05) is 26.8 Å². The zero-order valence-corrected chi connectivity index (χ0v) is 15.7. The third-order valence-corrected chi connectivity index (χ3v) is 5.66. The SMILES string of the molecule is COCCNS(=O)(=O)c1ccc(C(=O)NCCc2csc(C)n2)cc1. The Morgan fingerprint density at radius 1 is 1.24 bits per heavy atom. The molecule has 0 spiro atoms. The number of nitrogens with zero attached hydrogens (tertiary/aromatic N) is 1. The standard InChI is InChI=1S/C16H21N3O4S2/c1-12-19-14(11-24-12)7-8-17-16(20)13-3-5-15(6-4-13)25(21,22)18-9-10-23-2/h3-6,11,18H,7-10H2,1-2H3,(H,17,20). The van der Waals surface area contributed by atoms with Crippen molar-refractivity contribution in [3.63, 3.8) is 0 Å². The molecule has 0 atom stereocenters. The van der Waals surface area contributed by atoms with E-state index in [9.17, 15) is 13.2 Å². The van der Waals surface area contributed by atoms with Crippen LogP contribution in [0.4, 0.5) is 0 Å². The average molecular weight is 383 g/mol. The molecule has 0 unspecified atom stereocenters. The minimum Gasteiger partial charge on any atom is -0.383 e. The van der Waals surface area contributed by atoms with Crippen LogP contribution in [-0.4, -0.2) is 46.1 Å². The molecule has 0 aliphatic rings. The summed E-state index contributed by atoms with van der Waals surface area (Å²) in [6.45, 7) is 2.89. The Morgan fingerprint density at radius 2 is 1.96 bits per heavy atom. The fourth-order valence-corrected chi connectivity index (χ4v) is 3.74. The van der Waals surface area contributed by atoms with Gasteiger partial charge in [0.2, 0.25) is 10.0 Å². The van der Waals surface area contributed by atoms with E-state index in [2.05, 4.69) is 15.0 Å². The lowest BCUT2D eigenvalue weighted by molar-refractivity contribution is 0.0954. The summed E-state index contributed by atoms with van der Waals surface area (Å²) in [5.74, 6) is -0.247. The number of hydrogen-bond acceptors (Lipinski definition) is 6. The van der Waals surface area contributed by atoms with Gasteiger partial charge < -0.3 is 10.1 Å². The molecule has 2 aromatic rings. The van der Waals surface area contributed by atoms with Crippen LogP contribution in [0.1, 0.15) is 21.1 Å². The third-order valence-electron chi connectivity index (χ3n) is 3.36.